The lowest BCUT2D eigenvalue weighted by molar-refractivity contribution is -0.140. The molecule has 0 fully saturated rings. The van der Waals surface area contributed by atoms with Gasteiger partial charge in [0.25, 0.3) is 10.0 Å². The zero-order valence-corrected chi connectivity index (χ0v) is 14.1. The van der Waals surface area contributed by atoms with Crippen molar-refractivity contribution < 1.29 is 30.4 Å². The number of nitrogens with one attached hydrogen (secondary N) is 2. The van der Waals surface area contributed by atoms with Gasteiger partial charge >= 0.3 is 6.18 Å². The molecule has 26 heavy (non-hydrogen) atoms. The molecular weight excluding hydrogens is 401 g/mol. The number of alkyl halides is 3. The third-order valence-corrected chi connectivity index (χ3v) is 5.25. The van der Waals surface area contributed by atoms with Crippen molar-refractivity contribution in [2.24, 2.45) is 0 Å². The number of halogens is 5. The normalized spacial score (nSPS) is 12.3. The summed E-state index contributed by atoms with van der Waals surface area (Å²) < 4.78 is 95.2. The second-order valence-corrected chi connectivity index (χ2v) is 7.42. The Labute approximate surface area is 147 Å². The molecule has 2 heterocycles. The van der Waals surface area contributed by atoms with Gasteiger partial charge in [-0.3, -0.25) is 4.72 Å². The number of benzene rings is 1. The molecule has 0 saturated carbocycles. The van der Waals surface area contributed by atoms with Gasteiger partial charge in [-0.1, -0.05) is 0 Å². The molecule has 0 spiro atoms. The predicted octanol–water partition coefficient (Wildman–Crippen LogP) is 4.24. The van der Waals surface area contributed by atoms with Gasteiger partial charge in [-0.05, 0) is 23.7 Å². The van der Waals surface area contributed by atoms with Gasteiger partial charge in [-0.15, -0.1) is 0 Å². The van der Waals surface area contributed by atoms with Crippen LogP contribution in [0, 0.1) is 11.6 Å². The smallest absolute Gasteiger partial charge is 0.360 e. The van der Waals surface area contributed by atoms with E-state index in [1.807, 2.05) is 0 Å². The summed E-state index contributed by atoms with van der Waals surface area (Å²) in [6.07, 6.45) is -2.51. The standard InChI is InChI=1S/C14H8F5N3O2S2/c15-10-3-13(11(16)2-9(10)14(17,18)19)22-26(23,24)8-1-12(20-5-8)7-4-21-25-6-7/h1-6,20,22H. The van der Waals surface area contributed by atoms with E-state index in [1.54, 1.807) is 10.1 Å². The largest absolute Gasteiger partial charge is 0.419 e. The van der Waals surface area contributed by atoms with Crippen molar-refractivity contribution in [2.75, 3.05) is 4.72 Å². The van der Waals surface area contributed by atoms with Gasteiger partial charge in [0.2, 0.25) is 0 Å². The summed E-state index contributed by atoms with van der Waals surface area (Å²) in [5, 5.41) is 1.65. The van der Waals surface area contributed by atoms with E-state index in [0.717, 1.165) is 17.7 Å². The summed E-state index contributed by atoms with van der Waals surface area (Å²) in [6, 6.07) is 1.27. The van der Waals surface area contributed by atoms with Gasteiger partial charge < -0.3 is 4.98 Å². The maximum Gasteiger partial charge on any atom is 0.419 e. The Morgan fingerprint density at radius 3 is 2.46 bits per heavy atom. The topological polar surface area (TPSA) is 74.8 Å². The maximum absolute atomic E-state index is 13.8. The van der Waals surface area contributed by atoms with E-state index in [1.165, 1.54) is 12.3 Å². The summed E-state index contributed by atoms with van der Waals surface area (Å²) in [7, 11) is -4.36. The number of H-pyrrole nitrogens is 1. The number of rotatable bonds is 4. The van der Waals surface area contributed by atoms with Gasteiger partial charge in [0.05, 0.1) is 11.3 Å². The van der Waals surface area contributed by atoms with E-state index in [4.69, 9.17) is 0 Å². The molecule has 12 heteroatoms. The Hall–Kier alpha value is -2.47. The molecule has 0 aliphatic heterocycles. The van der Waals surface area contributed by atoms with Crippen LogP contribution < -0.4 is 4.72 Å². The van der Waals surface area contributed by atoms with Crippen molar-refractivity contribution in [1.29, 1.82) is 0 Å². The molecule has 0 amide bonds. The van der Waals surface area contributed by atoms with Crippen LogP contribution >= 0.6 is 11.5 Å². The van der Waals surface area contributed by atoms with Crippen molar-refractivity contribution in [2.45, 2.75) is 11.1 Å². The second kappa shape index (κ2) is 6.36. The van der Waals surface area contributed by atoms with Crippen LogP contribution in [0.2, 0.25) is 0 Å². The van der Waals surface area contributed by atoms with Crippen LogP contribution in [-0.2, 0) is 16.2 Å². The third-order valence-electron chi connectivity index (χ3n) is 3.32. The van der Waals surface area contributed by atoms with Gasteiger partial charge in [0, 0.05) is 35.1 Å². The Kier molecular flexibility index (Phi) is 4.48. The number of nitrogens with zero attached hydrogens (tertiary/aromatic N) is 1. The molecule has 0 aliphatic rings. The van der Waals surface area contributed by atoms with Crippen LogP contribution in [0.5, 0.6) is 0 Å². The quantitative estimate of drug-likeness (QED) is 0.633. The lowest BCUT2D eigenvalue weighted by Gasteiger charge is -2.12. The summed E-state index contributed by atoms with van der Waals surface area (Å²) in [5.74, 6) is -3.35. The molecule has 0 atom stereocenters. The second-order valence-electron chi connectivity index (χ2n) is 5.08. The highest BCUT2D eigenvalue weighted by Gasteiger charge is 2.35. The number of aromatic amines is 1. The first-order chi connectivity index (χ1) is 12.1. The molecule has 3 aromatic rings. The molecule has 5 nitrogen and oxygen atoms in total. The first-order valence-electron chi connectivity index (χ1n) is 6.75. The number of hydrogen-bond acceptors (Lipinski definition) is 4. The monoisotopic (exact) mass is 409 g/mol. The lowest BCUT2D eigenvalue weighted by atomic mass is 10.2. The van der Waals surface area contributed by atoms with E-state index in [2.05, 4.69) is 9.36 Å². The van der Waals surface area contributed by atoms with E-state index >= 15 is 0 Å². The fraction of sp³-hybridized carbons (Fsp3) is 0.0714. The highest BCUT2D eigenvalue weighted by Crippen LogP contribution is 2.34. The summed E-state index contributed by atoms with van der Waals surface area (Å²) in [5.41, 5.74) is -1.73. The number of anilines is 1. The molecule has 0 aliphatic carbocycles. The van der Waals surface area contributed by atoms with Crippen LogP contribution in [0.3, 0.4) is 0 Å². The lowest BCUT2D eigenvalue weighted by Crippen LogP contribution is -2.15. The third kappa shape index (κ3) is 3.55. The minimum atomic E-state index is -5.10. The summed E-state index contributed by atoms with van der Waals surface area (Å²) in [6.45, 7) is 0. The molecule has 0 radical (unpaired) electrons. The number of sulfonamides is 1. The average Bonchev–Trinajstić information content (AvgIpc) is 3.19. The molecule has 0 unspecified atom stereocenters. The minimum Gasteiger partial charge on any atom is -0.360 e. The van der Waals surface area contributed by atoms with Gasteiger partial charge in [0.1, 0.15) is 16.5 Å². The average molecular weight is 409 g/mol. The first-order valence-corrected chi connectivity index (χ1v) is 9.07. The molecule has 138 valence electrons. The van der Waals surface area contributed by atoms with Gasteiger partial charge in [-0.25, -0.2) is 21.6 Å². The summed E-state index contributed by atoms with van der Waals surface area (Å²) in [4.78, 5) is 2.38. The molecule has 3 rings (SSSR count). The van der Waals surface area contributed by atoms with Crippen molar-refractivity contribution in [3.8, 4) is 11.3 Å². The predicted molar refractivity (Wildman–Crippen MR) is 84.1 cm³/mol. The zero-order chi connectivity index (χ0) is 19.1. The molecular formula is C14H8F5N3O2S2. The molecule has 0 bridgehead atoms. The van der Waals surface area contributed by atoms with Crippen molar-refractivity contribution >= 4 is 27.2 Å². The fourth-order valence-corrected chi connectivity index (χ4v) is 3.67. The van der Waals surface area contributed by atoms with Crippen LogP contribution in [0.15, 0.2) is 40.9 Å². The van der Waals surface area contributed by atoms with Crippen LogP contribution in [0.1, 0.15) is 5.56 Å². The summed E-state index contributed by atoms with van der Waals surface area (Å²) >= 11 is 1.14. The van der Waals surface area contributed by atoms with Crippen molar-refractivity contribution in [3.05, 3.63) is 53.2 Å². The van der Waals surface area contributed by atoms with E-state index in [0.29, 0.717) is 11.3 Å². The van der Waals surface area contributed by atoms with E-state index < -0.39 is 39.1 Å². The maximum atomic E-state index is 13.8. The van der Waals surface area contributed by atoms with Crippen LogP contribution in [0.4, 0.5) is 27.6 Å². The fourth-order valence-electron chi connectivity index (χ4n) is 2.08. The van der Waals surface area contributed by atoms with Crippen LogP contribution in [0.25, 0.3) is 11.3 Å². The van der Waals surface area contributed by atoms with Crippen LogP contribution in [-0.4, -0.2) is 17.8 Å². The van der Waals surface area contributed by atoms with Gasteiger partial charge in [-0.2, -0.15) is 13.2 Å². The van der Waals surface area contributed by atoms with E-state index in [-0.39, 0.29) is 17.0 Å². The SMILES string of the molecule is O=S(=O)(Nc1cc(F)c(C(F)(F)F)cc1F)c1c[nH]c(-c2cnsc2)c1. The zero-order valence-electron chi connectivity index (χ0n) is 12.4. The molecule has 2 aromatic heterocycles. The first kappa shape index (κ1) is 18.3. The highest BCUT2D eigenvalue weighted by molar-refractivity contribution is 7.92. The van der Waals surface area contributed by atoms with Crippen molar-refractivity contribution in [3.63, 3.8) is 0 Å². The number of aromatic nitrogens is 2. The van der Waals surface area contributed by atoms with Crippen molar-refractivity contribution in [1.82, 2.24) is 9.36 Å². The molecule has 0 saturated heterocycles. The molecule has 2 N–H and O–H groups in total. The van der Waals surface area contributed by atoms with E-state index in [9.17, 15) is 30.4 Å². The minimum absolute atomic E-state index is 0.104. The highest BCUT2D eigenvalue weighted by atomic mass is 32.2. The Morgan fingerprint density at radius 2 is 1.85 bits per heavy atom. The molecule has 1 aromatic carbocycles. The number of hydrogen-bond donors (Lipinski definition) is 2. The van der Waals surface area contributed by atoms with Gasteiger partial charge in [0.15, 0.2) is 0 Å². The Balaban J connectivity index is 1.92. The Bertz CT molecular complexity index is 1040. The Morgan fingerprint density at radius 1 is 1.12 bits per heavy atom.